The number of carbonyl (C=O) groups excluding carboxylic acids is 2. The van der Waals surface area contributed by atoms with Crippen molar-refractivity contribution < 1.29 is 23.9 Å². The summed E-state index contributed by atoms with van der Waals surface area (Å²) < 4.78 is 11.0. The Kier molecular flexibility index (Phi) is 10.7. The van der Waals surface area contributed by atoms with Crippen LogP contribution in [0.25, 0.3) is 11.1 Å². The summed E-state index contributed by atoms with van der Waals surface area (Å²) in [6.07, 6.45) is 2.11. The van der Waals surface area contributed by atoms with Gasteiger partial charge in [-0.2, -0.15) is 0 Å². The molecule has 0 aromatic heterocycles. The number of aryl methyl sites for hydroxylation is 2. The average Bonchev–Trinajstić information content (AvgIpc) is 3.35. The quantitative estimate of drug-likeness (QED) is 0.0836. The van der Waals surface area contributed by atoms with E-state index in [1.54, 1.807) is 6.92 Å². The molecule has 8 nitrogen and oxygen atoms in total. The van der Waals surface area contributed by atoms with Crippen LogP contribution in [0.15, 0.2) is 126 Å². The van der Waals surface area contributed by atoms with Crippen molar-refractivity contribution in [3.8, 4) is 22.6 Å². The molecule has 1 heterocycles. The zero-order valence-corrected chi connectivity index (χ0v) is 29.7. The van der Waals surface area contributed by atoms with Crippen LogP contribution in [0, 0.1) is 0 Å². The van der Waals surface area contributed by atoms with Crippen molar-refractivity contribution in [2.45, 2.75) is 32.7 Å². The van der Waals surface area contributed by atoms with Gasteiger partial charge in [-0.25, -0.2) is 4.79 Å². The zero-order chi connectivity index (χ0) is 35.9. The van der Waals surface area contributed by atoms with Crippen LogP contribution in [-0.4, -0.2) is 66.8 Å². The molecule has 1 aliphatic heterocycles. The number of esters is 1. The molecule has 0 saturated carbocycles. The molecule has 0 atom stereocenters. The Morgan fingerprint density at radius 2 is 1.19 bits per heavy atom. The number of carbonyl (C=O) groups is 2. The molecule has 8 heteroatoms. The molecular formula is C44H43N3O5. The van der Waals surface area contributed by atoms with Crippen LogP contribution in [0.1, 0.15) is 58.1 Å². The summed E-state index contributed by atoms with van der Waals surface area (Å²) >= 11 is 0. The standard InChI is InChI=1S/C44H43N3O5/c1-3-50-42(48)30-51-45-31(2)32-12-14-33(15-13-32)34-18-22-38(23-19-34)52-39-24-20-37(21-25-39)44(49)47-28-26-46(27-29-47)43-40-10-6-4-8-35(40)16-17-36-9-5-7-11-41(36)43/h4-15,18-25,43H,3,16-17,26-30H2,1-2H3. The fourth-order valence-electron chi connectivity index (χ4n) is 7.11. The van der Waals surface area contributed by atoms with Crippen molar-refractivity contribution in [1.29, 1.82) is 0 Å². The number of hydrogen-bond donors (Lipinski definition) is 0. The number of nitrogens with zero attached hydrogens (tertiary/aromatic N) is 3. The molecule has 2 aliphatic rings. The van der Waals surface area contributed by atoms with Crippen LogP contribution < -0.4 is 4.74 Å². The molecule has 52 heavy (non-hydrogen) atoms. The highest BCUT2D eigenvalue weighted by molar-refractivity contribution is 5.98. The maximum Gasteiger partial charge on any atom is 0.347 e. The van der Waals surface area contributed by atoms with E-state index >= 15 is 0 Å². The lowest BCUT2D eigenvalue weighted by Gasteiger charge is -2.40. The van der Waals surface area contributed by atoms with Gasteiger partial charge in [-0.3, -0.25) is 9.69 Å². The zero-order valence-electron chi connectivity index (χ0n) is 29.7. The molecule has 1 aliphatic carbocycles. The third-order valence-corrected chi connectivity index (χ3v) is 9.85. The minimum absolute atomic E-state index is 0.0499. The number of benzene rings is 5. The topological polar surface area (TPSA) is 80.7 Å². The lowest BCUT2D eigenvalue weighted by molar-refractivity contribution is -0.148. The summed E-state index contributed by atoms with van der Waals surface area (Å²) in [5.74, 6) is 0.981. The Morgan fingerprint density at radius 3 is 1.77 bits per heavy atom. The average molecular weight is 694 g/mol. The fourth-order valence-corrected chi connectivity index (χ4v) is 7.11. The van der Waals surface area contributed by atoms with E-state index in [1.807, 2.05) is 84.6 Å². The number of hydrogen-bond acceptors (Lipinski definition) is 7. The molecule has 0 radical (unpaired) electrons. The van der Waals surface area contributed by atoms with Gasteiger partial charge in [0.1, 0.15) is 11.5 Å². The molecule has 0 spiro atoms. The molecule has 1 amide bonds. The van der Waals surface area contributed by atoms with Gasteiger partial charge in [0.25, 0.3) is 5.91 Å². The Balaban J connectivity index is 0.932. The van der Waals surface area contributed by atoms with Crippen molar-refractivity contribution in [3.05, 3.63) is 155 Å². The first-order valence-corrected chi connectivity index (χ1v) is 18.0. The largest absolute Gasteiger partial charge is 0.463 e. The van der Waals surface area contributed by atoms with E-state index in [4.69, 9.17) is 14.3 Å². The van der Waals surface area contributed by atoms with Gasteiger partial charge < -0.3 is 19.2 Å². The summed E-state index contributed by atoms with van der Waals surface area (Å²) in [5, 5.41) is 4.02. The second-order valence-electron chi connectivity index (χ2n) is 13.1. The molecule has 1 fully saturated rings. The minimum atomic E-state index is -0.446. The smallest absolute Gasteiger partial charge is 0.347 e. The van der Waals surface area contributed by atoms with Crippen LogP contribution in [0.5, 0.6) is 11.5 Å². The number of amides is 1. The molecule has 7 rings (SSSR count). The van der Waals surface area contributed by atoms with Gasteiger partial charge in [-0.05, 0) is 102 Å². The van der Waals surface area contributed by atoms with E-state index in [-0.39, 0.29) is 18.6 Å². The summed E-state index contributed by atoms with van der Waals surface area (Å²) in [4.78, 5) is 34.6. The van der Waals surface area contributed by atoms with E-state index in [0.29, 0.717) is 42.5 Å². The first-order chi connectivity index (χ1) is 25.5. The molecule has 5 aromatic rings. The number of ether oxygens (including phenoxy) is 2. The van der Waals surface area contributed by atoms with Crippen LogP contribution in [0.3, 0.4) is 0 Å². The van der Waals surface area contributed by atoms with Crippen molar-refractivity contribution >= 4 is 17.6 Å². The molecule has 264 valence electrons. The Labute approximate surface area is 305 Å². The van der Waals surface area contributed by atoms with Crippen molar-refractivity contribution in [2.75, 3.05) is 39.4 Å². The van der Waals surface area contributed by atoms with E-state index in [1.165, 1.54) is 22.3 Å². The highest BCUT2D eigenvalue weighted by Gasteiger charge is 2.32. The van der Waals surface area contributed by atoms with Gasteiger partial charge in [0.05, 0.1) is 18.4 Å². The Hall–Kier alpha value is -5.73. The van der Waals surface area contributed by atoms with E-state index in [2.05, 4.69) is 58.6 Å². The second-order valence-corrected chi connectivity index (χ2v) is 13.1. The summed E-state index contributed by atoms with van der Waals surface area (Å²) in [6.45, 7) is 6.68. The van der Waals surface area contributed by atoms with Gasteiger partial charge in [0.15, 0.2) is 0 Å². The SMILES string of the molecule is CCOC(=O)CON=C(C)c1ccc(-c2ccc(Oc3ccc(C(=O)N4CCN(C5c6ccccc6CCc6ccccc65)CC4)cc3)cc2)cc1. The maximum atomic E-state index is 13.6. The lowest BCUT2D eigenvalue weighted by Crippen LogP contribution is -2.50. The van der Waals surface area contributed by atoms with Crippen molar-refractivity contribution in [3.63, 3.8) is 0 Å². The van der Waals surface area contributed by atoms with Gasteiger partial charge >= 0.3 is 5.97 Å². The van der Waals surface area contributed by atoms with Crippen LogP contribution >= 0.6 is 0 Å². The summed E-state index contributed by atoms with van der Waals surface area (Å²) in [5.41, 5.74) is 9.94. The molecule has 0 bridgehead atoms. The predicted molar refractivity (Wildman–Crippen MR) is 203 cm³/mol. The van der Waals surface area contributed by atoms with E-state index in [9.17, 15) is 9.59 Å². The number of oxime groups is 1. The van der Waals surface area contributed by atoms with E-state index in [0.717, 1.165) is 42.6 Å². The van der Waals surface area contributed by atoms with Crippen molar-refractivity contribution in [2.24, 2.45) is 5.16 Å². The number of piperazine rings is 1. The van der Waals surface area contributed by atoms with Gasteiger partial charge in [-0.1, -0.05) is 90.1 Å². The fraction of sp³-hybridized carbons (Fsp3) is 0.250. The normalized spacial score (nSPS) is 14.9. The lowest BCUT2D eigenvalue weighted by atomic mass is 9.92. The molecule has 0 N–H and O–H groups in total. The highest BCUT2D eigenvalue weighted by Crippen LogP contribution is 2.37. The molecule has 5 aromatic carbocycles. The van der Waals surface area contributed by atoms with Crippen LogP contribution in [0.2, 0.25) is 0 Å². The molecule has 1 saturated heterocycles. The van der Waals surface area contributed by atoms with Crippen LogP contribution in [0.4, 0.5) is 0 Å². The second kappa shape index (κ2) is 16.1. The number of rotatable bonds is 10. The Bertz CT molecular complexity index is 1980. The third kappa shape index (κ3) is 7.92. The first kappa shape index (κ1) is 34.7. The third-order valence-electron chi connectivity index (χ3n) is 9.85. The number of fused-ring (bicyclic) bond motifs is 2. The van der Waals surface area contributed by atoms with Gasteiger partial charge in [0, 0.05) is 31.7 Å². The molecular weight excluding hydrogens is 650 g/mol. The molecule has 0 unspecified atom stereocenters. The predicted octanol–water partition coefficient (Wildman–Crippen LogP) is 8.10. The minimum Gasteiger partial charge on any atom is -0.463 e. The summed E-state index contributed by atoms with van der Waals surface area (Å²) in [6, 6.07) is 41.2. The van der Waals surface area contributed by atoms with Crippen molar-refractivity contribution in [1.82, 2.24) is 9.80 Å². The van der Waals surface area contributed by atoms with Gasteiger partial charge in [0.2, 0.25) is 6.61 Å². The highest BCUT2D eigenvalue weighted by atomic mass is 16.7. The maximum absolute atomic E-state index is 13.6. The van der Waals surface area contributed by atoms with Gasteiger partial charge in [-0.15, -0.1) is 0 Å². The van der Waals surface area contributed by atoms with Crippen LogP contribution in [-0.2, 0) is 27.2 Å². The monoisotopic (exact) mass is 693 g/mol. The first-order valence-electron chi connectivity index (χ1n) is 18.0. The Morgan fingerprint density at radius 1 is 0.673 bits per heavy atom. The summed E-state index contributed by atoms with van der Waals surface area (Å²) in [7, 11) is 0. The van der Waals surface area contributed by atoms with E-state index < -0.39 is 5.97 Å².